The third-order valence-electron chi connectivity index (χ3n) is 4.27. The molecule has 0 saturated carbocycles. The van der Waals surface area contributed by atoms with Gasteiger partial charge in [-0.05, 0) is 34.6 Å². The van der Waals surface area contributed by atoms with Crippen molar-refractivity contribution in [2.45, 2.75) is 38.5 Å². The molecule has 0 aliphatic heterocycles. The normalized spacial score (nSPS) is 16.6. The molecule has 1 aliphatic rings. The van der Waals surface area contributed by atoms with Crippen LogP contribution in [0.2, 0.25) is 0 Å². The van der Waals surface area contributed by atoms with Gasteiger partial charge in [-0.3, -0.25) is 4.79 Å². The SMILES string of the molecule is CC(C)c1ccc(CC(=O)C2Cc3ccccc32)cc1. The molecule has 1 unspecified atom stereocenters. The topological polar surface area (TPSA) is 17.1 Å². The van der Waals surface area contributed by atoms with Crippen LogP contribution in [0.25, 0.3) is 0 Å². The first-order chi connectivity index (χ1) is 9.65. The Bertz CT molecular complexity index is 622. The van der Waals surface area contributed by atoms with E-state index in [1.54, 1.807) is 0 Å². The molecule has 1 heteroatoms. The molecule has 20 heavy (non-hydrogen) atoms. The fourth-order valence-electron chi connectivity index (χ4n) is 2.89. The molecule has 0 saturated heterocycles. The molecule has 0 heterocycles. The number of benzene rings is 2. The van der Waals surface area contributed by atoms with Crippen LogP contribution in [0.15, 0.2) is 48.5 Å². The van der Waals surface area contributed by atoms with Crippen molar-refractivity contribution in [1.82, 2.24) is 0 Å². The number of Topliss-reactive ketones (excluding diaryl/α,β-unsaturated/α-hetero) is 1. The number of hydrogen-bond acceptors (Lipinski definition) is 1. The molecule has 102 valence electrons. The van der Waals surface area contributed by atoms with Crippen LogP contribution in [0, 0.1) is 0 Å². The summed E-state index contributed by atoms with van der Waals surface area (Å²) in [5.74, 6) is 1.01. The van der Waals surface area contributed by atoms with E-state index in [0.717, 1.165) is 12.0 Å². The molecule has 3 rings (SSSR count). The van der Waals surface area contributed by atoms with Gasteiger partial charge in [0.25, 0.3) is 0 Å². The van der Waals surface area contributed by atoms with Gasteiger partial charge in [0.2, 0.25) is 0 Å². The van der Waals surface area contributed by atoms with Crippen molar-refractivity contribution in [1.29, 1.82) is 0 Å². The quantitative estimate of drug-likeness (QED) is 0.806. The highest BCUT2D eigenvalue weighted by atomic mass is 16.1. The molecular weight excluding hydrogens is 244 g/mol. The number of ketones is 1. The average molecular weight is 264 g/mol. The lowest BCUT2D eigenvalue weighted by atomic mass is 9.74. The minimum atomic E-state index is 0.121. The minimum Gasteiger partial charge on any atom is -0.299 e. The minimum absolute atomic E-state index is 0.121. The molecule has 0 radical (unpaired) electrons. The summed E-state index contributed by atoms with van der Waals surface area (Å²) in [5, 5.41) is 0. The highest BCUT2D eigenvalue weighted by Gasteiger charge is 2.31. The molecule has 0 N–H and O–H groups in total. The van der Waals surface area contributed by atoms with Gasteiger partial charge < -0.3 is 0 Å². The van der Waals surface area contributed by atoms with Crippen molar-refractivity contribution in [3.8, 4) is 0 Å². The summed E-state index contributed by atoms with van der Waals surface area (Å²) < 4.78 is 0. The fraction of sp³-hybridized carbons (Fsp3) is 0.316. The van der Waals surface area contributed by atoms with E-state index in [2.05, 4.69) is 50.2 Å². The first-order valence-electron chi connectivity index (χ1n) is 7.34. The number of carbonyl (C=O) groups excluding carboxylic acids is 1. The Morgan fingerprint density at radius 3 is 2.45 bits per heavy atom. The molecule has 1 atom stereocenters. The molecule has 1 nitrogen and oxygen atoms in total. The molecule has 0 aromatic heterocycles. The molecule has 0 amide bonds. The van der Waals surface area contributed by atoms with E-state index >= 15 is 0 Å². The zero-order chi connectivity index (χ0) is 14.1. The van der Waals surface area contributed by atoms with Crippen LogP contribution >= 0.6 is 0 Å². The van der Waals surface area contributed by atoms with Crippen molar-refractivity contribution in [2.75, 3.05) is 0 Å². The predicted octanol–water partition coefficient (Wildman–Crippen LogP) is 4.26. The van der Waals surface area contributed by atoms with Crippen LogP contribution in [0.3, 0.4) is 0 Å². The van der Waals surface area contributed by atoms with E-state index in [1.165, 1.54) is 16.7 Å². The van der Waals surface area contributed by atoms with Crippen molar-refractivity contribution >= 4 is 5.78 Å². The van der Waals surface area contributed by atoms with Crippen molar-refractivity contribution in [2.24, 2.45) is 0 Å². The Kier molecular flexibility index (Phi) is 3.43. The van der Waals surface area contributed by atoms with Crippen LogP contribution in [0.4, 0.5) is 0 Å². The van der Waals surface area contributed by atoms with Gasteiger partial charge >= 0.3 is 0 Å². The molecule has 0 spiro atoms. The second-order valence-corrected chi connectivity index (χ2v) is 5.99. The molecule has 1 aliphatic carbocycles. The van der Waals surface area contributed by atoms with Gasteiger partial charge in [-0.2, -0.15) is 0 Å². The monoisotopic (exact) mass is 264 g/mol. The summed E-state index contributed by atoms with van der Waals surface area (Å²) >= 11 is 0. The third-order valence-corrected chi connectivity index (χ3v) is 4.27. The summed E-state index contributed by atoms with van der Waals surface area (Å²) in [5.41, 5.74) is 5.02. The molecule has 0 bridgehead atoms. The van der Waals surface area contributed by atoms with E-state index in [9.17, 15) is 4.79 Å². The van der Waals surface area contributed by atoms with Gasteiger partial charge in [0.15, 0.2) is 0 Å². The lowest BCUT2D eigenvalue weighted by Crippen LogP contribution is -2.26. The molecule has 2 aromatic rings. The van der Waals surface area contributed by atoms with E-state index in [0.29, 0.717) is 18.1 Å². The second kappa shape index (κ2) is 5.24. The van der Waals surface area contributed by atoms with Crippen LogP contribution in [-0.2, 0) is 17.6 Å². The van der Waals surface area contributed by atoms with Crippen molar-refractivity contribution in [3.63, 3.8) is 0 Å². The first-order valence-corrected chi connectivity index (χ1v) is 7.34. The van der Waals surface area contributed by atoms with Crippen LogP contribution < -0.4 is 0 Å². The van der Waals surface area contributed by atoms with Crippen molar-refractivity contribution in [3.05, 3.63) is 70.8 Å². The van der Waals surface area contributed by atoms with Crippen LogP contribution in [-0.4, -0.2) is 5.78 Å². The smallest absolute Gasteiger partial charge is 0.145 e. The summed E-state index contributed by atoms with van der Waals surface area (Å²) in [6, 6.07) is 16.7. The van der Waals surface area contributed by atoms with E-state index < -0.39 is 0 Å². The highest BCUT2D eigenvalue weighted by Crippen LogP contribution is 2.36. The van der Waals surface area contributed by atoms with E-state index in [-0.39, 0.29) is 5.92 Å². The Balaban J connectivity index is 1.68. The summed E-state index contributed by atoms with van der Waals surface area (Å²) in [6.45, 7) is 4.37. The maximum atomic E-state index is 12.4. The standard InChI is InChI=1S/C19H20O/c1-13(2)15-9-7-14(8-10-15)11-19(20)18-12-16-5-3-4-6-17(16)18/h3-10,13,18H,11-12H2,1-2H3. The Morgan fingerprint density at radius 1 is 1.10 bits per heavy atom. The average Bonchev–Trinajstić information content (AvgIpc) is 2.41. The first kappa shape index (κ1) is 13.1. The summed E-state index contributed by atoms with van der Waals surface area (Å²) in [6.07, 6.45) is 1.47. The molecule has 0 fully saturated rings. The van der Waals surface area contributed by atoms with E-state index in [1.807, 2.05) is 12.1 Å². The van der Waals surface area contributed by atoms with E-state index in [4.69, 9.17) is 0 Å². The maximum absolute atomic E-state index is 12.4. The van der Waals surface area contributed by atoms with Crippen LogP contribution in [0.1, 0.15) is 47.9 Å². The van der Waals surface area contributed by atoms with Gasteiger partial charge in [-0.25, -0.2) is 0 Å². The highest BCUT2D eigenvalue weighted by molar-refractivity contribution is 5.90. The third kappa shape index (κ3) is 2.40. The number of rotatable bonds is 4. The molecular formula is C19H20O. The Labute approximate surface area is 120 Å². The Hall–Kier alpha value is -1.89. The Morgan fingerprint density at radius 2 is 1.80 bits per heavy atom. The number of hydrogen-bond donors (Lipinski definition) is 0. The van der Waals surface area contributed by atoms with Crippen molar-refractivity contribution < 1.29 is 4.79 Å². The van der Waals surface area contributed by atoms with Gasteiger partial charge in [-0.15, -0.1) is 0 Å². The largest absolute Gasteiger partial charge is 0.299 e. The lowest BCUT2D eigenvalue weighted by molar-refractivity contribution is -0.120. The zero-order valence-corrected chi connectivity index (χ0v) is 12.1. The maximum Gasteiger partial charge on any atom is 0.145 e. The zero-order valence-electron chi connectivity index (χ0n) is 12.1. The molecule has 2 aromatic carbocycles. The van der Waals surface area contributed by atoms with Gasteiger partial charge in [0.05, 0.1) is 0 Å². The van der Waals surface area contributed by atoms with Crippen LogP contribution in [0.5, 0.6) is 0 Å². The summed E-state index contributed by atoms with van der Waals surface area (Å²) in [7, 11) is 0. The van der Waals surface area contributed by atoms with Gasteiger partial charge in [-0.1, -0.05) is 62.4 Å². The summed E-state index contributed by atoms with van der Waals surface area (Å²) in [4.78, 5) is 12.4. The fourth-order valence-corrected chi connectivity index (χ4v) is 2.89. The lowest BCUT2D eigenvalue weighted by Gasteiger charge is -2.28. The number of fused-ring (bicyclic) bond motifs is 1. The van der Waals surface area contributed by atoms with Gasteiger partial charge in [0, 0.05) is 12.3 Å². The second-order valence-electron chi connectivity index (χ2n) is 5.99. The predicted molar refractivity (Wildman–Crippen MR) is 82.1 cm³/mol. The van der Waals surface area contributed by atoms with Gasteiger partial charge in [0.1, 0.15) is 5.78 Å². The number of carbonyl (C=O) groups is 1.